The van der Waals surface area contributed by atoms with Crippen LogP contribution in [0.1, 0.15) is 37.2 Å². The molecule has 0 aliphatic heterocycles. The number of carbonyl (C=O) groups is 1. The van der Waals surface area contributed by atoms with Gasteiger partial charge in [-0.25, -0.2) is 0 Å². The van der Waals surface area contributed by atoms with Crippen LogP contribution in [-0.4, -0.2) is 25.2 Å². The van der Waals surface area contributed by atoms with Crippen molar-refractivity contribution < 1.29 is 9.72 Å². The number of nitro groups is 1. The minimum absolute atomic E-state index is 0.0942. The van der Waals surface area contributed by atoms with Crippen molar-refractivity contribution in [1.82, 2.24) is 19.7 Å². The Morgan fingerprint density at radius 2 is 1.81 bits per heavy atom. The van der Waals surface area contributed by atoms with Gasteiger partial charge in [0.15, 0.2) is 0 Å². The van der Waals surface area contributed by atoms with Crippen LogP contribution in [0.3, 0.4) is 0 Å². The fourth-order valence-corrected chi connectivity index (χ4v) is 2.95. The Hall–Kier alpha value is -3.42. The Bertz CT molecular complexity index is 944. The lowest BCUT2D eigenvalue weighted by Crippen LogP contribution is -2.33. The highest BCUT2D eigenvalue weighted by atomic mass is 16.6. The molecule has 0 spiro atoms. The highest BCUT2D eigenvalue weighted by Gasteiger charge is 2.24. The lowest BCUT2D eigenvalue weighted by Gasteiger charge is -2.19. The van der Waals surface area contributed by atoms with Crippen molar-refractivity contribution >= 4 is 11.6 Å². The zero-order valence-electron chi connectivity index (χ0n) is 15.4. The molecule has 1 N–H and O–H groups in total. The zero-order valence-corrected chi connectivity index (χ0v) is 15.4. The van der Waals surface area contributed by atoms with Crippen molar-refractivity contribution in [3.05, 3.63) is 76.4 Å². The summed E-state index contributed by atoms with van der Waals surface area (Å²) in [7, 11) is 0. The Morgan fingerprint density at radius 1 is 1.19 bits per heavy atom. The molecule has 0 fully saturated rings. The average Bonchev–Trinajstić information content (AvgIpc) is 3.31. The number of hydrogen-bond acceptors (Lipinski definition) is 4. The summed E-state index contributed by atoms with van der Waals surface area (Å²) in [4.78, 5) is 23.0. The number of aromatic nitrogens is 3. The van der Waals surface area contributed by atoms with E-state index in [1.54, 1.807) is 13.8 Å². The van der Waals surface area contributed by atoms with E-state index in [-0.39, 0.29) is 17.6 Å². The number of rotatable bonds is 6. The van der Waals surface area contributed by atoms with E-state index in [2.05, 4.69) is 10.4 Å². The van der Waals surface area contributed by atoms with Gasteiger partial charge in [-0.05, 0) is 50.6 Å². The summed E-state index contributed by atoms with van der Waals surface area (Å²) in [6.07, 6.45) is 5.10. The molecule has 8 nitrogen and oxygen atoms in total. The SMILES string of the molecule is Cc1c([N+](=O)[O-])cnn1C(C)C(=O)NC(C)c1ccc(-n2cccc2)cc1. The van der Waals surface area contributed by atoms with E-state index in [1.165, 1.54) is 10.9 Å². The average molecular weight is 367 g/mol. The van der Waals surface area contributed by atoms with Crippen molar-refractivity contribution in [2.45, 2.75) is 32.9 Å². The number of nitrogens with zero attached hydrogens (tertiary/aromatic N) is 4. The molecule has 0 bridgehead atoms. The molecule has 0 saturated heterocycles. The zero-order chi connectivity index (χ0) is 19.6. The van der Waals surface area contributed by atoms with Crippen LogP contribution in [0.5, 0.6) is 0 Å². The molecule has 0 radical (unpaired) electrons. The van der Waals surface area contributed by atoms with Gasteiger partial charge >= 0.3 is 5.69 Å². The minimum atomic E-state index is -0.653. The van der Waals surface area contributed by atoms with Gasteiger partial charge in [-0.2, -0.15) is 5.10 Å². The van der Waals surface area contributed by atoms with E-state index >= 15 is 0 Å². The van der Waals surface area contributed by atoms with E-state index < -0.39 is 11.0 Å². The van der Waals surface area contributed by atoms with Crippen LogP contribution < -0.4 is 5.32 Å². The van der Waals surface area contributed by atoms with Crippen molar-refractivity contribution in [2.75, 3.05) is 0 Å². The van der Waals surface area contributed by atoms with Gasteiger partial charge < -0.3 is 9.88 Å². The first kappa shape index (κ1) is 18.4. The third-order valence-corrected chi connectivity index (χ3v) is 4.62. The Labute approximate surface area is 156 Å². The highest BCUT2D eigenvalue weighted by molar-refractivity contribution is 5.80. The molecular weight excluding hydrogens is 346 g/mol. The highest BCUT2D eigenvalue weighted by Crippen LogP contribution is 2.21. The van der Waals surface area contributed by atoms with Gasteiger partial charge in [-0.3, -0.25) is 19.6 Å². The summed E-state index contributed by atoms with van der Waals surface area (Å²) in [5.41, 5.74) is 2.26. The molecule has 3 rings (SSSR count). The van der Waals surface area contributed by atoms with Gasteiger partial charge in [-0.15, -0.1) is 0 Å². The van der Waals surface area contributed by atoms with Gasteiger partial charge in [0.25, 0.3) is 0 Å². The Balaban J connectivity index is 1.69. The van der Waals surface area contributed by atoms with Crippen LogP contribution in [0.2, 0.25) is 0 Å². The molecule has 140 valence electrons. The van der Waals surface area contributed by atoms with E-state index in [0.29, 0.717) is 5.69 Å². The number of carbonyl (C=O) groups excluding carboxylic acids is 1. The van der Waals surface area contributed by atoms with Crippen LogP contribution in [-0.2, 0) is 4.79 Å². The lowest BCUT2D eigenvalue weighted by atomic mass is 10.1. The number of nitrogens with one attached hydrogen (secondary N) is 1. The molecule has 0 aliphatic carbocycles. The molecule has 0 saturated carbocycles. The molecular formula is C19H21N5O3. The number of benzene rings is 1. The summed E-state index contributed by atoms with van der Waals surface area (Å²) in [5, 5.41) is 17.9. The molecule has 1 aromatic carbocycles. The lowest BCUT2D eigenvalue weighted by molar-refractivity contribution is -0.385. The largest absolute Gasteiger partial charge is 0.348 e. The smallest absolute Gasteiger partial charge is 0.309 e. The Morgan fingerprint density at radius 3 is 2.37 bits per heavy atom. The monoisotopic (exact) mass is 367 g/mol. The molecule has 2 unspecified atom stereocenters. The normalized spacial score (nSPS) is 13.1. The predicted octanol–water partition coefficient (Wildman–Crippen LogP) is 3.33. The Kier molecular flexibility index (Phi) is 5.07. The van der Waals surface area contributed by atoms with E-state index in [0.717, 1.165) is 11.3 Å². The van der Waals surface area contributed by atoms with Crippen molar-refractivity contribution in [3.63, 3.8) is 0 Å². The predicted molar refractivity (Wildman–Crippen MR) is 101 cm³/mol. The first-order valence-electron chi connectivity index (χ1n) is 8.60. The van der Waals surface area contributed by atoms with Gasteiger partial charge in [0.05, 0.1) is 11.0 Å². The molecule has 2 aromatic heterocycles. The number of amides is 1. The van der Waals surface area contributed by atoms with Crippen LogP contribution in [0.25, 0.3) is 5.69 Å². The summed E-state index contributed by atoms with van der Waals surface area (Å²) >= 11 is 0. The van der Waals surface area contributed by atoms with Gasteiger partial charge in [0, 0.05) is 18.1 Å². The maximum absolute atomic E-state index is 12.6. The quantitative estimate of drug-likeness (QED) is 0.534. The second-order valence-corrected chi connectivity index (χ2v) is 6.40. The molecule has 1 amide bonds. The van der Waals surface area contributed by atoms with Gasteiger partial charge in [0.2, 0.25) is 5.91 Å². The third kappa shape index (κ3) is 3.74. The second-order valence-electron chi connectivity index (χ2n) is 6.40. The third-order valence-electron chi connectivity index (χ3n) is 4.62. The summed E-state index contributed by atoms with van der Waals surface area (Å²) in [6, 6.07) is 11.0. The first-order chi connectivity index (χ1) is 12.9. The van der Waals surface area contributed by atoms with Crippen LogP contribution in [0.15, 0.2) is 55.0 Å². The number of hydrogen-bond donors (Lipinski definition) is 1. The molecule has 3 aromatic rings. The standard InChI is InChI=1S/C19H21N5O3/c1-13(16-6-8-17(9-7-16)22-10-4-5-11-22)21-19(25)15(3)23-14(2)18(12-20-23)24(26)27/h4-13,15H,1-3H3,(H,21,25). The fraction of sp³-hybridized carbons (Fsp3) is 0.263. The molecule has 0 aliphatic rings. The molecule has 27 heavy (non-hydrogen) atoms. The summed E-state index contributed by atoms with van der Waals surface area (Å²) in [6.45, 7) is 5.15. The van der Waals surface area contributed by atoms with Crippen molar-refractivity contribution in [3.8, 4) is 5.69 Å². The maximum atomic E-state index is 12.6. The molecule has 2 atom stereocenters. The van der Waals surface area contributed by atoms with Crippen molar-refractivity contribution in [1.29, 1.82) is 0 Å². The summed E-state index contributed by atoms with van der Waals surface area (Å²) in [5.74, 6) is -0.252. The molecule has 8 heteroatoms. The molecule has 2 heterocycles. The van der Waals surface area contributed by atoms with Gasteiger partial charge in [-0.1, -0.05) is 12.1 Å². The summed E-state index contributed by atoms with van der Waals surface area (Å²) < 4.78 is 3.37. The fourth-order valence-electron chi connectivity index (χ4n) is 2.95. The first-order valence-corrected chi connectivity index (χ1v) is 8.60. The van der Waals surface area contributed by atoms with Crippen LogP contribution >= 0.6 is 0 Å². The minimum Gasteiger partial charge on any atom is -0.348 e. The topological polar surface area (TPSA) is 95.0 Å². The van der Waals surface area contributed by atoms with E-state index in [1.807, 2.05) is 60.3 Å². The van der Waals surface area contributed by atoms with Gasteiger partial charge in [0.1, 0.15) is 17.9 Å². The van der Waals surface area contributed by atoms with Crippen molar-refractivity contribution in [2.24, 2.45) is 0 Å². The second kappa shape index (κ2) is 7.45. The van der Waals surface area contributed by atoms with E-state index in [4.69, 9.17) is 0 Å². The van der Waals surface area contributed by atoms with Crippen LogP contribution in [0.4, 0.5) is 5.69 Å². The van der Waals surface area contributed by atoms with Crippen LogP contribution in [0, 0.1) is 17.0 Å². The maximum Gasteiger partial charge on any atom is 0.309 e. The van der Waals surface area contributed by atoms with E-state index in [9.17, 15) is 14.9 Å².